The second-order valence-electron chi connectivity index (χ2n) is 6.30. The van der Waals surface area contributed by atoms with Gasteiger partial charge in [0, 0.05) is 41.3 Å². The predicted octanol–water partition coefficient (Wildman–Crippen LogP) is 3.50. The van der Waals surface area contributed by atoms with Gasteiger partial charge in [-0.15, -0.1) is 0 Å². The predicted molar refractivity (Wildman–Crippen MR) is 105 cm³/mol. The van der Waals surface area contributed by atoms with E-state index in [1.54, 1.807) is 24.8 Å². The van der Waals surface area contributed by atoms with Crippen LogP contribution in [0.1, 0.15) is 11.6 Å². The number of nitrogens with two attached hydrogens (primary N) is 1. The summed E-state index contributed by atoms with van der Waals surface area (Å²) in [4.78, 5) is 15.3. The Kier molecular flexibility index (Phi) is 5.78. The lowest BCUT2D eigenvalue weighted by atomic mass is 10.1. The third-order valence-electron chi connectivity index (χ3n) is 3.78. The number of nitrogens with one attached hydrogen (secondary N) is 1. The Morgan fingerprint density at radius 1 is 1.12 bits per heavy atom. The summed E-state index contributed by atoms with van der Waals surface area (Å²) in [7, 11) is 3.99. The molecule has 26 heavy (non-hydrogen) atoms. The first-order valence-corrected chi connectivity index (χ1v) is 8.59. The molecule has 0 aliphatic heterocycles. The molecule has 0 spiro atoms. The van der Waals surface area contributed by atoms with Crippen LogP contribution in [-0.2, 0) is 0 Å². The smallest absolute Gasteiger partial charge is 0.149 e. The number of rotatable bonds is 6. The third kappa shape index (κ3) is 4.76. The average molecular weight is 369 g/mol. The molecule has 0 saturated carbocycles. The summed E-state index contributed by atoms with van der Waals surface area (Å²) in [5, 5.41) is 3.87. The molecule has 1 unspecified atom stereocenters. The van der Waals surface area contributed by atoms with Crippen molar-refractivity contribution in [3.63, 3.8) is 0 Å². The van der Waals surface area contributed by atoms with Gasteiger partial charge in [-0.25, -0.2) is 4.98 Å². The van der Waals surface area contributed by atoms with E-state index in [1.165, 1.54) is 0 Å². The van der Waals surface area contributed by atoms with Crippen molar-refractivity contribution in [3.8, 4) is 11.3 Å². The van der Waals surface area contributed by atoms with Crippen molar-refractivity contribution >= 4 is 23.1 Å². The lowest BCUT2D eigenvalue weighted by molar-refractivity contribution is 0.376. The minimum atomic E-state index is -0.113. The van der Waals surface area contributed by atoms with E-state index in [4.69, 9.17) is 17.3 Å². The lowest BCUT2D eigenvalue weighted by Gasteiger charge is -2.17. The van der Waals surface area contributed by atoms with E-state index >= 15 is 0 Å². The molecular weight excluding hydrogens is 348 g/mol. The molecule has 0 aliphatic carbocycles. The van der Waals surface area contributed by atoms with Crippen LogP contribution >= 0.6 is 11.6 Å². The van der Waals surface area contributed by atoms with E-state index in [2.05, 4.69) is 20.3 Å². The van der Waals surface area contributed by atoms with Crippen LogP contribution in [0.2, 0.25) is 5.02 Å². The minimum absolute atomic E-state index is 0.113. The maximum atomic E-state index is 6.25. The normalized spacial score (nSPS) is 12.2. The fourth-order valence-electron chi connectivity index (χ4n) is 2.58. The number of hydrogen-bond acceptors (Lipinski definition) is 6. The number of anilines is 2. The van der Waals surface area contributed by atoms with Gasteiger partial charge < -0.3 is 16.0 Å². The van der Waals surface area contributed by atoms with Gasteiger partial charge in [0.25, 0.3) is 0 Å². The first kappa shape index (κ1) is 18.3. The molecular formula is C19H21ClN6. The fourth-order valence-corrected chi connectivity index (χ4v) is 2.77. The van der Waals surface area contributed by atoms with Gasteiger partial charge >= 0.3 is 0 Å². The van der Waals surface area contributed by atoms with E-state index in [-0.39, 0.29) is 6.04 Å². The van der Waals surface area contributed by atoms with Gasteiger partial charge in [-0.2, -0.15) is 0 Å². The molecule has 0 amide bonds. The molecule has 134 valence electrons. The Morgan fingerprint density at radius 3 is 2.69 bits per heavy atom. The van der Waals surface area contributed by atoms with Crippen LogP contribution in [-0.4, -0.2) is 40.5 Å². The standard InChI is InChI=1S/C19H21ClN6/c1-26(2)12-17(21)13-6-14(9-22-8-13)18-10-23-11-19(25-18)24-16-5-3-4-15(20)7-16/h3-11,17H,12,21H2,1-2H3,(H,24,25). The second kappa shape index (κ2) is 8.23. The van der Waals surface area contributed by atoms with Crippen molar-refractivity contribution < 1.29 is 0 Å². The SMILES string of the molecule is CN(C)CC(N)c1cncc(-c2cncc(Nc3cccc(Cl)c3)n2)c1. The molecule has 0 saturated heterocycles. The average Bonchev–Trinajstić information content (AvgIpc) is 2.61. The van der Waals surface area contributed by atoms with Crippen LogP contribution in [0.15, 0.2) is 55.1 Å². The van der Waals surface area contributed by atoms with Crippen LogP contribution in [0.3, 0.4) is 0 Å². The fraction of sp³-hybridized carbons (Fsp3) is 0.211. The topological polar surface area (TPSA) is 80.0 Å². The Morgan fingerprint density at radius 2 is 1.92 bits per heavy atom. The monoisotopic (exact) mass is 368 g/mol. The molecule has 2 aromatic heterocycles. The molecule has 2 heterocycles. The maximum Gasteiger partial charge on any atom is 0.149 e. The quantitative estimate of drug-likeness (QED) is 0.693. The number of likely N-dealkylation sites (N-methyl/N-ethyl adjacent to an activating group) is 1. The summed E-state index contributed by atoms with van der Waals surface area (Å²) in [6.07, 6.45) is 6.93. The summed E-state index contributed by atoms with van der Waals surface area (Å²) in [6.45, 7) is 0.743. The van der Waals surface area contributed by atoms with Crippen LogP contribution in [0.4, 0.5) is 11.5 Å². The van der Waals surface area contributed by atoms with Gasteiger partial charge in [0.05, 0.1) is 18.1 Å². The molecule has 7 heteroatoms. The van der Waals surface area contributed by atoms with Crippen molar-refractivity contribution in [2.45, 2.75) is 6.04 Å². The van der Waals surface area contributed by atoms with E-state index in [0.717, 1.165) is 29.1 Å². The highest BCUT2D eigenvalue weighted by Gasteiger charge is 2.10. The summed E-state index contributed by atoms with van der Waals surface area (Å²) < 4.78 is 0. The van der Waals surface area contributed by atoms with Gasteiger partial charge in [-0.05, 0) is 43.9 Å². The molecule has 0 bridgehead atoms. The number of aromatic nitrogens is 3. The van der Waals surface area contributed by atoms with Gasteiger partial charge in [0.15, 0.2) is 0 Å². The Hall–Kier alpha value is -2.54. The summed E-state index contributed by atoms with van der Waals surface area (Å²) in [5.41, 5.74) is 9.66. The molecule has 1 atom stereocenters. The molecule has 3 rings (SSSR count). The molecule has 1 aromatic carbocycles. The summed E-state index contributed by atoms with van der Waals surface area (Å²) in [6, 6.07) is 9.35. The third-order valence-corrected chi connectivity index (χ3v) is 4.01. The molecule has 6 nitrogen and oxygen atoms in total. The van der Waals surface area contributed by atoms with Crippen molar-refractivity contribution in [2.75, 3.05) is 26.0 Å². The number of pyridine rings is 1. The van der Waals surface area contributed by atoms with Gasteiger partial charge in [0.2, 0.25) is 0 Å². The van der Waals surface area contributed by atoms with Gasteiger partial charge in [-0.3, -0.25) is 9.97 Å². The van der Waals surface area contributed by atoms with Crippen molar-refractivity contribution in [2.24, 2.45) is 5.73 Å². The maximum absolute atomic E-state index is 6.25. The zero-order valence-corrected chi connectivity index (χ0v) is 15.5. The summed E-state index contributed by atoms with van der Waals surface area (Å²) >= 11 is 6.02. The minimum Gasteiger partial charge on any atom is -0.339 e. The molecule has 0 radical (unpaired) electrons. The van der Waals surface area contributed by atoms with Crippen molar-refractivity contribution in [3.05, 3.63) is 65.7 Å². The van der Waals surface area contributed by atoms with E-state index in [1.807, 2.05) is 49.3 Å². The highest BCUT2D eigenvalue weighted by molar-refractivity contribution is 6.30. The van der Waals surface area contributed by atoms with E-state index in [0.29, 0.717) is 10.8 Å². The van der Waals surface area contributed by atoms with Crippen LogP contribution in [0, 0.1) is 0 Å². The Labute approximate surface area is 158 Å². The zero-order valence-electron chi connectivity index (χ0n) is 14.7. The van der Waals surface area contributed by atoms with E-state index < -0.39 is 0 Å². The number of nitrogens with zero attached hydrogens (tertiary/aromatic N) is 4. The van der Waals surface area contributed by atoms with Crippen LogP contribution in [0.25, 0.3) is 11.3 Å². The van der Waals surface area contributed by atoms with Gasteiger partial charge in [-0.1, -0.05) is 17.7 Å². The number of benzene rings is 1. The van der Waals surface area contributed by atoms with E-state index in [9.17, 15) is 0 Å². The molecule has 3 aromatic rings. The highest BCUT2D eigenvalue weighted by atomic mass is 35.5. The first-order chi connectivity index (χ1) is 12.5. The van der Waals surface area contributed by atoms with Crippen LogP contribution in [0.5, 0.6) is 0 Å². The number of halogens is 1. The van der Waals surface area contributed by atoms with Crippen molar-refractivity contribution in [1.82, 2.24) is 19.9 Å². The summed E-state index contributed by atoms with van der Waals surface area (Å²) in [5.74, 6) is 0.632. The molecule has 3 N–H and O–H groups in total. The lowest BCUT2D eigenvalue weighted by Crippen LogP contribution is -2.26. The zero-order chi connectivity index (χ0) is 18.5. The van der Waals surface area contributed by atoms with Crippen molar-refractivity contribution in [1.29, 1.82) is 0 Å². The Bertz CT molecular complexity index is 883. The molecule has 0 fully saturated rings. The largest absolute Gasteiger partial charge is 0.339 e. The van der Waals surface area contributed by atoms with Gasteiger partial charge in [0.1, 0.15) is 5.82 Å². The van der Waals surface area contributed by atoms with Crippen LogP contribution < -0.4 is 11.1 Å². The second-order valence-corrected chi connectivity index (χ2v) is 6.74. The number of hydrogen-bond donors (Lipinski definition) is 2. The highest BCUT2D eigenvalue weighted by Crippen LogP contribution is 2.23. The molecule has 0 aliphatic rings. The Balaban J connectivity index is 1.84. The first-order valence-electron chi connectivity index (χ1n) is 8.21.